The highest BCUT2D eigenvalue weighted by Crippen LogP contribution is 2.19. The Labute approximate surface area is 187 Å². The molecule has 33 heavy (non-hydrogen) atoms. The maximum atomic E-state index is 13.0. The first-order valence-electron chi connectivity index (χ1n) is 10.1. The molecule has 0 radical (unpaired) electrons. The Morgan fingerprint density at radius 3 is 2.64 bits per heavy atom. The van der Waals surface area contributed by atoms with Gasteiger partial charge in [0.2, 0.25) is 11.6 Å². The Kier molecular flexibility index (Phi) is 6.54. The number of carbonyl (C=O) groups excluding carboxylic acids is 2. The summed E-state index contributed by atoms with van der Waals surface area (Å²) in [5.74, 6) is -0.589. The number of aromatic nitrogens is 5. The van der Waals surface area contributed by atoms with Gasteiger partial charge in [-0.15, -0.1) is 5.10 Å². The first-order valence-corrected chi connectivity index (χ1v) is 10.1. The second-order valence-electron chi connectivity index (χ2n) is 7.28. The smallest absolute Gasteiger partial charge is 0.292 e. The van der Waals surface area contributed by atoms with Crippen molar-refractivity contribution in [2.75, 3.05) is 25.4 Å². The Morgan fingerprint density at radius 2 is 1.97 bits per heavy atom. The molecular formula is C19H22N10O4. The van der Waals surface area contributed by atoms with Crippen molar-refractivity contribution in [3.8, 4) is 11.6 Å². The molecule has 1 aromatic carbocycles. The van der Waals surface area contributed by atoms with E-state index in [1.165, 1.54) is 10.9 Å². The third-order valence-corrected chi connectivity index (χ3v) is 4.86. The first-order chi connectivity index (χ1) is 16.0. The molecule has 2 aromatic heterocycles. The van der Waals surface area contributed by atoms with E-state index in [9.17, 15) is 9.59 Å². The fraction of sp³-hybridized carbons (Fsp3) is 0.316. The number of nitrogens with two attached hydrogens (primary N) is 2. The lowest BCUT2D eigenvalue weighted by Gasteiger charge is -2.13. The summed E-state index contributed by atoms with van der Waals surface area (Å²) in [4.78, 5) is 26.0. The number of carbonyl (C=O) groups is 2. The van der Waals surface area contributed by atoms with Crippen LogP contribution in [0.15, 0.2) is 34.0 Å². The zero-order valence-electron chi connectivity index (χ0n) is 17.5. The molecule has 2 amide bonds. The van der Waals surface area contributed by atoms with E-state index in [1.807, 2.05) is 0 Å². The van der Waals surface area contributed by atoms with E-state index in [4.69, 9.17) is 16.2 Å². The lowest BCUT2D eigenvalue weighted by Crippen LogP contribution is -2.26. The highest BCUT2D eigenvalue weighted by molar-refractivity contribution is 5.95. The number of hydrogen-bond acceptors (Lipinski definition) is 11. The van der Waals surface area contributed by atoms with E-state index >= 15 is 0 Å². The van der Waals surface area contributed by atoms with E-state index in [-0.39, 0.29) is 23.9 Å². The molecule has 0 bridgehead atoms. The molecule has 4 rings (SSSR count). The van der Waals surface area contributed by atoms with Crippen LogP contribution in [0.3, 0.4) is 0 Å². The molecule has 172 valence electrons. The maximum Gasteiger partial charge on any atom is 0.292 e. The van der Waals surface area contributed by atoms with Gasteiger partial charge in [0.25, 0.3) is 11.8 Å². The van der Waals surface area contributed by atoms with Crippen LogP contribution in [0.4, 0.5) is 5.82 Å². The third kappa shape index (κ3) is 5.30. The minimum absolute atomic E-state index is 0.0242. The number of primary amides is 1. The number of benzene rings is 1. The van der Waals surface area contributed by atoms with Crippen LogP contribution in [0, 0.1) is 0 Å². The highest BCUT2D eigenvalue weighted by atomic mass is 16.6. The van der Waals surface area contributed by atoms with Crippen LogP contribution in [0.2, 0.25) is 0 Å². The van der Waals surface area contributed by atoms with Crippen LogP contribution >= 0.6 is 0 Å². The maximum absolute atomic E-state index is 13.0. The molecule has 3 aromatic rings. The molecule has 0 spiro atoms. The summed E-state index contributed by atoms with van der Waals surface area (Å²) in [5.41, 5.74) is 14.6. The average molecular weight is 454 g/mol. The number of nitrogens with one attached hydrogen (secondary N) is 1. The summed E-state index contributed by atoms with van der Waals surface area (Å²) in [6.45, 7) is 2.07. The fourth-order valence-corrected chi connectivity index (χ4v) is 3.31. The molecule has 1 saturated heterocycles. The summed E-state index contributed by atoms with van der Waals surface area (Å²) in [6.07, 6.45) is 3.63. The predicted molar refractivity (Wildman–Crippen MR) is 114 cm³/mol. The van der Waals surface area contributed by atoms with Gasteiger partial charge in [0.05, 0.1) is 6.21 Å². The topological polar surface area (TPSA) is 193 Å². The Hall–Kier alpha value is -4.33. The summed E-state index contributed by atoms with van der Waals surface area (Å²) in [7, 11) is 0. The molecule has 0 aliphatic carbocycles. The van der Waals surface area contributed by atoms with E-state index < -0.39 is 11.8 Å². The normalized spacial score (nSPS) is 14.1. The van der Waals surface area contributed by atoms with Crippen LogP contribution in [0.1, 0.15) is 34.6 Å². The molecule has 14 heteroatoms. The molecule has 14 nitrogen and oxygen atoms in total. The molecule has 3 heterocycles. The molecule has 5 N–H and O–H groups in total. The van der Waals surface area contributed by atoms with Gasteiger partial charge in [-0.1, -0.05) is 5.21 Å². The standard InChI is InChI=1S/C19H22N10O4/c20-15(30)11-32-13-5-3-12(4-6-13)9-22-24-19(31)16-14(10-28-7-1-2-8-28)23-27-29(16)18-17(21)25-33-26-18/h3-6,9H,1-2,7-8,10-11H2,(H2,20,30)(H2,21,25)(H,24,31)/b22-9-. The Bertz CT molecular complexity index is 1150. The number of ether oxygens (including phenoxy) is 1. The van der Waals surface area contributed by atoms with Gasteiger partial charge in [0.1, 0.15) is 11.4 Å². The van der Waals surface area contributed by atoms with Gasteiger partial charge in [0, 0.05) is 6.54 Å². The number of rotatable bonds is 9. The largest absolute Gasteiger partial charge is 0.484 e. The minimum Gasteiger partial charge on any atom is -0.484 e. The number of amides is 2. The van der Waals surface area contributed by atoms with Crippen LogP contribution in [-0.2, 0) is 11.3 Å². The van der Waals surface area contributed by atoms with E-state index in [0.29, 0.717) is 23.6 Å². The number of hydrogen-bond donors (Lipinski definition) is 3. The molecule has 1 aliphatic heterocycles. The summed E-state index contributed by atoms with van der Waals surface area (Å²) >= 11 is 0. The monoisotopic (exact) mass is 454 g/mol. The van der Waals surface area contributed by atoms with Crippen molar-refractivity contribution in [3.63, 3.8) is 0 Å². The molecular weight excluding hydrogens is 432 g/mol. The third-order valence-electron chi connectivity index (χ3n) is 4.86. The fourth-order valence-electron chi connectivity index (χ4n) is 3.31. The zero-order valence-corrected chi connectivity index (χ0v) is 17.5. The molecule has 0 saturated carbocycles. The lowest BCUT2D eigenvalue weighted by molar-refractivity contribution is -0.119. The second-order valence-corrected chi connectivity index (χ2v) is 7.28. The highest BCUT2D eigenvalue weighted by Gasteiger charge is 2.26. The lowest BCUT2D eigenvalue weighted by atomic mass is 10.2. The Balaban J connectivity index is 1.49. The number of hydrazone groups is 1. The van der Waals surface area contributed by atoms with Crippen molar-refractivity contribution in [1.82, 2.24) is 35.6 Å². The predicted octanol–water partition coefficient (Wildman–Crippen LogP) is -0.544. The molecule has 1 fully saturated rings. The van der Waals surface area contributed by atoms with E-state index in [1.54, 1.807) is 24.3 Å². The van der Waals surface area contributed by atoms with Gasteiger partial charge >= 0.3 is 0 Å². The van der Waals surface area contributed by atoms with Gasteiger partial charge in [-0.2, -0.15) is 9.78 Å². The zero-order chi connectivity index (χ0) is 23.2. The van der Waals surface area contributed by atoms with Gasteiger partial charge in [-0.25, -0.2) is 10.1 Å². The molecule has 0 unspecified atom stereocenters. The van der Waals surface area contributed by atoms with Gasteiger partial charge in [-0.05, 0) is 66.1 Å². The van der Waals surface area contributed by atoms with Crippen LogP contribution < -0.4 is 21.6 Å². The van der Waals surface area contributed by atoms with Gasteiger partial charge in [0.15, 0.2) is 12.3 Å². The van der Waals surface area contributed by atoms with E-state index in [2.05, 4.69) is 40.7 Å². The van der Waals surface area contributed by atoms with Crippen molar-refractivity contribution in [1.29, 1.82) is 0 Å². The summed E-state index contributed by atoms with van der Waals surface area (Å²) in [5, 5.41) is 19.4. The first kappa shape index (κ1) is 21.9. The average Bonchev–Trinajstić information content (AvgIpc) is 3.55. The number of nitrogen functional groups attached to an aromatic ring is 1. The van der Waals surface area contributed by atoms with Crippen molar-refractivity contribution >= 4 is 23.8 Å². The van der Waals surface area contributed by atoms with Crippen LogP contribution in [-0.4, -0.2) is 67.9 Å². The van der Waals surface area contributed by atoms with Crippen LogP contribution in [0.5, 0.6) is 5.75 Å². The van der Waals surface area contributed by atoms with Gasteiger partial charge < -0.3 is 16.2 Å². The Morgan fingerprint density at radius 1 is 1.21 bits per heavy atom. The van der Waals surface area contributed by atoms with Gasteiger partial charge in [-0.3, -0.25) is 14.5 Å². The van der Waals surface area contributed by atoms with Crippen molar-refractivity contribution in [2.24, 2.45) is 10.8 Å². The minimum atomic E-state index is -0.565. The van der Waals surface area contributed by atoms with Crippen molar-refractivity contribution < 1.29 is 19.0 Å². The van der Waals surface area contributed by atoms with E-state index in [0.717, 1.165) is 25.9 Å². The number of likely N-dealkylation sites (tertiary alicyclic amines) is 1. The quantitative estimate of drug-likeness (QED) is 0.279. The molecule has 1 aliphatic rings. The number of nitrogens with zero attached hydrogens (tertiary/aromatic N) is 7. The molecule has 0 atom stereocenters. The van der Waals surface area contributed by atoms with Crippen molar-refractivity contribution in [3.05, 3.63) is 41.2 Å². The number of anilines is 1. The van der Waals surface area contributed by atoms with Crippen LogP contribution in [0.25, 0.3) is 5.82 Å². The van der Waals surface area contributed by atoms with Crippen molar-refractivity contribution in [2.45, 2.75) is 19.4 Å². The second kappa shape index (κ2) is 9.86. The summed E-state index contributed by atoms with van der Waals surface area (Å²) in [6, 6.07) is 6.72. The summed E-state index contributed by atoms with van der Waals surface area (Å²) < 4.78 is 11.0. The SMILES string of the molecule is NC(=O)COc1ccc(/C=N\NC(=O)c2c(CN3CCCC3)nnn2-c2nonc2N)cc1.